The molecule has 0 heterocycles. The van der Waals surface area contributed by atoms with Crippen LogP contribution in [-0.4, -0.2) is 35.2 Å². The molecule has 0 fully saturated rings. The van der Waals surface area contributed by atoms with Crippen LogP contribution < -0.4 is 15.6 Å². The molecule has 0 spiro atoms. The summed E-state index contributed by atoms with van der Waals surface area (Å²) in [6.07, 6.45) is -5.23. The van der Waals surface area contributed by atoms with E-state index >= 15 is 0 Å². The van der Waals surface area contributed by atoms with Crippen LogP contribution in [0.3, 0.4) is 0 Å². The molecule has 28 heavy (non-hydrogen) atoms. The lowest BCUT2D eigenvalue weighted by Crippen LogP contribution is -2.64. The van der Waals surface area contributed by atoms with Gasteiger partial charge in [0, 0.05) is 11.0 Å². The van der Waals surface area contributed by atoms with E-state index in [9.17, 15) is 22.8 Å². The number of hydrogen-bond acceptors (Lipinski definition) is 5. The minimum Gasteiger partial charge on any atom is -0.542 e. The van der Waals surface area contributed by atoms with Crippen LogP contribution in [0.5, 0.6) is 5.75 Å². The Bertz CT molecular complexity index is 742. The largest absolute Gasteiger partial charge is 0.542 e. The first-order chi connectivity index (χ1) is 12.5. The Morgan fingerprint density at radius 1 is 1.18 bits per heavy atom. The molecule has 0 saturated carbocycles. The summed E-state index contributed by atoms with van der Waals surface area (Å²) in [5.41, 5.74) is 5.50. The van der Waals surface area contributed by atoms with Crippen molar-refractivity contribution >= 4 is 17.9 Å². The third-order valence-electron chi connectivity index (χ3n) is 3.67. The standard InChI is InChI=1S/C16H23NO4.C2HF3O2/c1-9-6-7-10(2)14(21-15(20)11(3)17)13(9)16(4,5)8-12(18)19;3-2(4,5)1(6)7/h6-7,11H,8,17H2,1-5H3,(H,18,19);(H,6,7)/t11-;/m0./s1. The number of quaternary nitrogens is 1. The monoisotopic (exact) mass is 407 g/mol. The number of aryl methyl sites for hydroxylation is 2. The van der Waals surface area contributed by atoms with Gasteiger partial charge < -0.3 is 25.5 Å². The second-order valence-corrected chi connectivity index (χ2v) is 6.97. The van der Waals surface area contributed by atoms with Crippen molar-refractivity contribution in [2.75, 3.05) is 0 Å². The first kappa shape index (κ1) is 25.4. The molecule has 0 unspecified atom stereocenters. The van der Waals surface area contributed by atoms with Gasteiger partial charge in [-0.25, -0.2) is 4.79 Å². The molecule has 4 N–H and O–H groups in total. The van der Waals surface area contributed by atoms with Gasteiger partial charge in [0.25, 0.3) is 0 Å². The van der Waals surface area contributed by atoms with Crippen molar-refractivity contribution in [3.8, 4) is 5.75 Å². The fraction of sp³-hybridized carbons (Fsp3) is 0.500. The molecule has 1 atom stereocenters. The van der Waals surface area contributed by atoms with Crippen molar-refractivity contribution in [2.45, 2.75) is 58.7 Å². The van der Waals surface area contributed by atoms with Gasteiger partial charge in [-0.2, -0.15) is 13.2 Å². The number of carboxylic acids is 2. The molecule has 0 aromatic heterocycles. The Morgan fingerprint density at radius 2 is 1.61 bits per heavy atom. The zero-order valence-corrected chi connectivity index (χ0v) is 16.3. The number of carbonyl (C=O) groups excluding carboxylic acids is 2. The molecule has 0 aliphatic carbocycles. The van der Waals surface area contributed by atoms with Crippen molar-refractivity contribution in [3.63, 3.8) is 0 Å². The summed E-state index contributed by atoms with van der Waals surface area (Å²) in [4.78, 5) is 31.8. The van der Waals surface area contributed by atoms with Crippen molar-refractivity contribution in [3.05, 3.63) is 28.8 Å². The summed E-state index contributed by atoms with van der Waals surface area (Å²) in [7, 11) is 0. The molecule has 10 heteroatoms. The highest BCUT2D eigenvalue weighted by atomic mass is 19.4. The summed E-state index contributed by atoms with van der Waals surface area (Å²) in [5.74, 6) is -3.85. The number of halogens is 3. The van der Waals surface area contributed by atoms with Crippen LogP contribution in [0, 0.1) is 13.8 Å². The van der Waals surface area contributed by atoms with Gasteiger partial charge in [0.1, 0.15) is 11.7 Å². The van der Waals surface area contributed by atoms with Gasteiger partial charge in [-0.15, -0.1) is 0 Å². The lowest BCUT2D eigenvalue weighted by molar-refractivity contribution is -0.401. The lowest BCUT2D eigenvalue weighted by atomic mass is 9.78. The average Bonchev–Trinajstić information content (AvgIpc) is 2.48. The minimum absolute atomic E-state index is 0.0399. The highest BCUT2D eigenvalue weighted by molar-refractivity contribution is 5.77. The number of ether oxygens (including phenoxy) is 1. The predicted octanol–water partition coefficient (Wildman–Crippen LogP) is 0.890. The van der Waals surface area contributed by atoms with Gasteiger partial charge in [0.15, 0.2) is 6.04 Å². The van der Waals surface area contributed by atoms with Gasteiger partial charge in [-0.1, -0.05) is 26.0 Å². The van der Waals surface area contributed by atoms with Crippen LogP contribution >= 0.6 is 0 Å². The number of esters is 1. The second-order valence-electron chi connectivity index (χ2n) is 6.97. The van der Waals surface area contributed by atoms with E-state index in [1.54, 1.807) is 6.92 Å². The molecule has 0 bridgehead atoms. The minimum atomic E-state index is -5.19. The molecule has 1 aromatic rings. The second kappa shape index (κ2) is 9.54. The van der Waals surface area contributed by atoms with E-state index in [1.807, 2.05) is 39.8 Å². The molecule has 1 aromatic carbocycles. The van der Waals surface area contributed by atoms with Crippen LogP contribution in [0.15, 0.2) is 12.1 Å². The molecular weight excluding hydrogens is 383 g/mol. The maximum Gasteiger partial charge on any atom is 0.430 e. The zero-order chi connectivity index (χ0) is 22.4. The highest BCUT2D eigenvalue weighted by Gasteiger charge is 2.31. The number of aliphatic carboxylic acids is 2. The number of carbonyl (C=O) groups is 3. The third kappa shape index (κ3) is 7.55. The zero-order valence-electron chi connectivity index (χ0n) is 16.3. The van der Waals surface area contributed by atoms with Crippen LogP contribution in [0.4, 0.5) is 13.2 Å². The SMILES string of the molecule is Cc1ccc(C)c(C(C)(C)CC(=O)O)c1OC(=O)[C@H](C)[NH3+].O=C([O-])C(F)(F)F. The van der Waals surface area contributed by atoms with E-state index in [2.05, 4.69) is 5.73 Å². The van der Waals surface area contributed by atoms with E-state index in [4.69, 9.17) is 19.7 Å². The number of hydrogen-bond donors (Lipinski definition) is 2. The molecule has 1 rings (SSSR count). The normalized spacial score (nSPS) is 12.5. The fourth-order valence-electron chi connectivity index (χ4n) is 2.43. The van der Waals surface area contributed by atoms with Crippen LogP contribution in [0.2, 0.25) is 0 Å². The van der Waals surface area contributed by atoms with E-state index < -0.39 is 35.5 Å². The predicted molar refractivity (Wildman–Crippen MR) is 90.2 cm³/mol. The number of carboxylic acid groups (broad SMARTS) is 2. The summed E-state index contributed by atoms with van der Waals surface area (Å²) in [6.45, 7) is 9.08. The summed E-state index contributed by atoms with van der Waals surface area (Å²) < 4.78 is 37.0. The molecule has 0 aliphatic heterocycles. The molecule has 158 valence electrons. The van der Waals surface area contributed by atoms with Gasteiger partial charge in [-0.3, -0.25) is 4.79 Å². The van der Waals surface area contributed by atoms with E-state index in [1.165, 1.54) is 0 Å². The summed E-state index contributed by atoms with van der Waals surface area (Å²) in [6, 6.07) is 3.30. The topological polar surface area (TPSA) is 131 Å². The van der Waals surface area contributed by atoms with Crippen molar-refractivity contribution in [2.24, 2.45) is 0 Å². The van der Waals surface area contributed by atoms with Crippen LogP contribution in [-0.2, 0) is 19.8 Å². The first-order valence-electron chi connectivity index (χ1n) is 8.16. The van der Waals surface area contributed by atoms with Crippen molar-refractivity contribution < 1.29 is 48.2 Å². The Balaban J connectivity index is 0.000000887. The summed E-state index contributed by atoms with van der Waals surface area (Å²) in [5, 5.41) is 17.9. The van der Waals surface area contributed by atoms with Crippen molar-refractivity contribution in [1.29, 1.82) is 0 Å². The third-order valence-corrected chi connectivity index (χ3v) is 3.67. The molecule has 7 nitrogen and oxygen atoms in total. The Labute approximate surface area is 160 Å². The number of benzene rings is 1. The lowest BCUT2D eigenvalue weighted by Gasteiger charge is -2.28. The average molecular weight is 407 g/mol. The van der Waals surface area contributed by atoms with Crippen LogP contribution in [0.1, 0.15) is 43.9 Å². The molecule has 0 aliphatic rings. The number of rotatable bonds is 5. The Kier molecular flexibility index (Phi) is 8.65. The maximum atomic E-state index is 11.9. The molecular formula is C18H24F3NO6. The smallest absolute Gasteiger partial charge is 0.430 e. The van der Waals surface area contributed by atoms with Crippen LogP contribution in [0.25, 0.3) is 0 Å². The van der Waals surface area contributed by atoms with Gasteiger partial charge in [-0.05, 0) is 31.9 Å². The molecule has 0 amide bonds. The summed E-state index contributed by atoms with van der Waals surface area (Å²) >= 11 is 0. The van der Waals surface area contributed by atoms with E-state index in [0.717, 1.165) is 16.7 Å². The fourth-order valence-corrected chi connectivity index (χ4v) is 2.43. The quantitative estimate of drug-likeness (QED) is 0.550. The molecule has 0 radical (unpaired) electrons. The Morgan fingerprint density at radius 3 is 1.96 bits per heavy atom. The van der Waals surface area contributed by atoms with Gasteiger partial charge in [0.2, 0.25) is 0 Å². The Hall–Kier alpha value is -2.62. The van der Waals surface area contributed by atoms with Crippen molar-refractivity contribution in [1.82, 2.24) is 0 Å². The first-order valence-corrected chi connectivity index (χ1v) is 8.16. The van der Waals surface area contributed by atoms with E-state index in [0.29, 0.717) is 5.75 Å². The van der Waals surface area contributed by atoms with E-state index in [-0.39, 0.29) is 6.42 Å². The highest BCUT2D eigenvalue weighted by Crippen LogP contribution is 2.39. The maximum absolute atomic E-state index is 11.9. The van der Waals surface area contributed by atoms with Gasteiger partial charge in [0.05, 0.1) is 6.42 Å². The van der Waals surface area contributed by atoms with Gasteiger partial charge >= 0.3 is 18.1 Å². The molecule has 0 saturated heterocycles. The number of alkyl halides is 3.